The van der Waals surface area contributed by atoms with E-state index in [1.165, 1.54) is 11.3 Å². The first-order chi connectivity index (χ1) is 14.4. The van der Waals surface area contributed by atoms with Crippen LogP contribution < -0.4 is 14.3 Å². The highest BCUT2D eigenvalue weighted by atomic mass is 32.1. The van der Waals surface area contributed by atoms with Gasteiger partial charge in [-0.2, -0.15) is 4.99 Å². The van der Waals surface area contributed by atoms with E-state index in [9.17, 15) is 9.59 Å². The number of aromatic nitrogens is 1. The maximum absolute atomic E-state index is 12.7. The van der Waals surface area contributed by atoms with Crippen LogP contribution in [-0.2, 0) is 27.3 Å². The fourth-order valence-corrected chi connectivity index (χ4v) is 4.44. The second-order valence-electron chi connectivity index (χ2n) is 7.06. The van der Waals surface area contributed by atoms with E-state index in [1.807, 2.05) is 38.1 Å². The number of thiazole rings is 1. The topological polar surface area (TPSA) is 79.1 Å². The summed E-state index contributed by atoms with van der Waals surface area (Å²) in [5.41, 5.74) is 3.89. The average molecular weight is 426 g/mol. The lowest BCUT2D eigenvalue weighted by molar-refractivity contribution is -0.143. The van der Waals surface area contributed by atoms with Gasteiger partial charge in [-0.1, -0.05) is 35.1 Å². The molecule has 0 spiro atoms. The highest BCUT2D eigenvalue weighted by molar-refractivity contribution is 7.16. The predicted octanol–water partition coefficient (Wildman–Crippen LogP) is 3.28. The zero-order valence-corrected chi connectivity index (χ0v) is 17.9. The molecule has 1 aliphatic rings. The first-order valence-corrected chi connectivity index (χ1v) is 10.5. The fraction of sp³-hybridized carbons (Fsp3) is 0.318. The molecule has 1 aromatic heterocycles. The summed E-state index contributed by atoms with van der Waals surface area (Å²) in [6.45, 7) is 6.16. The Balaban J connectivity index is 1.74. The normalized spacial score (nSPS) is 13.1. The van der Waals surface area contributed by atoms with Crippen LogP contribution in [0.2, 0.25) is 0 Å². The minimum Gasteiger partial charge on any atom is -0.465 e. The van der Waals surface area contributed by atoms with Gasteiger partial charge in [0.15, 0.2) is 16.3 Å². The van der Waals surface area contributed by atoms with Gasteiger partial charge in [0, 0.05) is 12.1 Å². The molecule has 0 N–H and O–H groups in total. The van der Waals surface area contributed by atoms with E-state index in [0.29, 0.717) is 16.3 Å². The summed E-state index contributed by atoms with van der Waals surface area (Å²) >= 11 is 1.33. The molecule has 0 unspecified atom stereocenters. The van der Waals surface area contributed by atoms with Crippen molar-refractivity contribution in [3.8, 4) is 11.5 Å². The first-order valence-electron chi connectivity index (χ1n) is 9.67. The molecule has 4 rings (SSSR count). The van der Waals surface area contributed by atoms with Crippen molar-refractivity contribution in [3.05, 3.63) is 51.8 Å². The third kappa shape index (κ3) is 4.09. The Kier molecular flexibility index (Phi) is 5.59. The van der Waals surface area contributed by atoms with E-state index < -0.39 is 5.97 Å². The second kappa shape index (κ2) is 8.31. The van der Waals surface area contributed by atoms with Crippen LogP contribution in [0, 0.1) is 13.8 Å². The second-order valence-corrected chi connectivity index (χ2v) is 8.07. The molecule has 0 saturated heterocycles. The van der Waals surface area contributed by atoms with Crippen LogP contribution >= 0.6 is 11.3 Å². The summed E-state index contributed by atoms with van der Waals surface area (Å²) in [6, 6.07) is 9.63. The zero-order chi connectivity index (χ0) is 21.3. The number of hydrogen-bond donors (Lipinski definition) is 0. The molecule has 0 aliphatic carbocycles. The molecule has 8 heteroatoms. The number of aryl methyl sites for hydroxylation is 2. The van der Waals surface area contributed by atoms with Gasteiger partial charge in [0.2, 0.25) is 6.79 Å². The van der Waals surface area contributed by atoms with Gasteiger partial charge in [-0.15, -0.1) is 0 Å². The smallest absolute Gasteiger partial charge is 0.326 e. The van der Waals surface area contributed by atoms with Crippen molar-refractivity contribution in [3.63, 3.8) is 0 Å². The van der Waals surface area contributed by atoms with Crippen LogP contribution in [0.15, 0.2) is 35.3 Å². The molecule has 1 aliphatic heterocycles. The number of nitrogens with zero attached hydrogens (tertiary/aromatic N) is 2. The first kappa shape index (κ1) is 20.2. The molecule has 30 heavy (non-hydrogen) atoms. The lowest BCUT2D eigenvalue weighted by atomic mass is 10.0. The number of rotatable bonds is 5. The largest absolute Gasteiger partial charge is 0.465 e. The van der Waals surface area contributed by atoms with Gasteiger partial charge < -0.3 is 18.8 Å². The molecule has 0 fully saturated rings. The van der Waals surface area contributed by atoms with Crippen LogP contribution in [0.1, 0.15) is 23.6 Å². The average Bonchev–Trinajstić information content (AvgIpc) is 3.27. The van der Waals surface area contributed by atoms with Gasteiger partial charge in [0.1, 0.15) is 6.54 Å². The van der Waals surface area contributed by atoms with E-state index in [0.717, 1.165) is 26.9 Å². The summed E-state index contributed by atoms with van der Waals surface area (Å²) in [4.78, 5) is 29.7. The summed E-state index contributed by atoms with van der Waals surface area (Å²) < 4.78 is 18.6. The number of amides is 1. The van der Waals surface area contributed by atoms with E-state index >= 15 is 0 Å². The number of fused-ring (bicyclic) bond motifs is 2. The van der Waals surface area contributed by atoms with Crippen LogP contribution in [0.3, 0.4) is 0 Å². The SMILES string of the molecule is CCOC(=O)Cn1c(=NC(=O)Cc2ccc(C)cc2C)sc2cc3c(cc21)OCO3. The quantitative estimate of drug-likeness (QED) is 0.585. The summed E-state index contributed by atoms with van der Waals surface area (Å²) in [6.07, 6.45) is 0.197. The fourth-order valence-electron chi connectivity index (χ4n) is 3.39. The Bertz CT molecular complexity index is 1210. The molecule has 2 aromatic carbocycles. The highest BCUT2D eigenvalue weighted by Crippen LogP contribution is 2.37. The Hall–Kier alpha value is -3.13. The molecule has 0 saturated carbocycles. The van der Waals surface area contributed by atoms with Crippen molar-refractivity contribution in [2.24, 2.45) is 4.99 Å². The minimum atomic E-state index is -0.391. The van der Waals surface area contributed by atoms with Crippen molar-refractivity contribution in [2.45, 2.75) is 33.7 Å². The number of ether oxygens (including phenoxy) is 3. The van der Waals surface area contributed by atoms with Crippen molar-refractivity contribution in [1.29, 1.82) is 0 Å². The van der Waals surface area contributed by atoms with Crippen LogP contribution in [-0.4, -0.2) is 29.8 Å². The van der Waals surface area contributed by atoms with Gasteiger partial charge in [-0.25, -0.2) is 0 Å². The monoisotopic (exact) mass is 426 g/mol. The number of carbonyl (C=O) groups is 2. The number of hydrogen-bond acceptors (Lipinski definition) is 6. The number of carbonyl (C=O) groups excluding carboxylic acids is 2. The summed E-state index contributed by atoms with van der Waals surface area (Å²) in [5, 5.41) is 0. The van der Waals surface area contributed by atoms with Crippen LogP contribution in [0.4, 0.5) is 0 Å². The molecule has 0 bridgehead atoms. The molecule has 2 heterocycles. The maximum atomic E-state index is 12.7. The van der Waals surface area contributed by atoms with Crippen molar-refractivity contribution in [2.75, 3.05) is 13.4 Å². The molecule has 0 atom stereocenters. The maximum Gasteiger partial charge on any atom is 0.326 e. The van der Waals surface area contributed by atoms with E-state index in [2.05, 4.69) is 4.99 Å². The van der Waals surface area contributed by atoms with Crippen molar-refractivity contribution in [1.82, 2.24) is 4.57 Å². The van der Waals surface area contributed by atoms with Crippen LogP contribution in [0.5, 0.6) is 11.5 Å². The van der Waals surface area contributed by atoms with Gasteiger partial charge >= 0.3 is 5.97 Å². The molecule has 0 radical (unpaired) electrons. The van der Waals surface area contributed by atoms with Crippen molar-refractivity contribution >= 4 is 33.4 Å². The number of esters is 1. The zero-order valence-electron chi connectivity index (χ0n) is 17.1. The minimum absolute atomic E-state index is 0.0385. The molecule has 7 nitrogen and oxygen atoms in total. The Morgan fingerprint density at radius 1 is 1.17 bits per heavy atom. The molecule has 3 aromatic rings. The third-order valence-electron chi connectivity index (χ3n) is 4.83. The summed E-state index contributed by atoms with van der Waals surface area (Å²) in [5.74, 6) is 0.579. The Labute approximate surface area is 177 Å². The standard InChI is InChI=1S/C22H22N2O5S/c1-4-27-21(26)11-24-16-9-17-18(29-12-28-17)10-19(16)30-22(24)23-20(25)8-15-6-5-13(2)7-14(15)3/h5-7,9-10H,4,8,11-12H2,1-3H3. The highest BCUT2D eigenvalue weighted by Gasteiger charge is 2.19. The number of benzene rings is 2. The van der Waals surface area contributed by atoms with Crippen molar-refractivity contribution < 1.29 is 23.8 Å². The molecule has 1 amide bonds. The van der Waals surface area contributed by atoms with Gasteiger partial charge in [0.25, 0.3) is 5.91 Å². The molecule has 156 valence electrons. The molecular formula is C22H22N2O5S. The molecular weight excluding hydrogens is 404 g/mol. The Morgan fingerprint density at radius 2 is 1.93 bits per heavy atom. The van der Waals surface area contributed by atoms with Gasteiger partial charge in [-0.05, 0) is 31.9 Å². The van der Waals surface area contributed by atoms with Crippen LogP contribution in [0.25, 0.3) is 10.2 Å². The third-order valence-corrected chi connectivity index (χ3v) is 5.87. The van der Waals surface area contributed by atoms with E-state index in [-0.39, 0.29) is 32.3 Å². The van der Waals surface area contributed by atoms with E-state index in [1.54, 1.807) is 17.6 Å². The summed E-state index contributed by atoms with van der Waals surface area (Å²) in [7, 11) is 0. The van der Waals surface area contributed by atoms with Gasteiger partial charge in [-0.3, -0.25) is 9.59 Å². The predicted molar refractivity (Wildman–Crippen MR) is 113 cm³/mol. The van der Waals surface area contributed by atoms with E-state index in [4.69, 9.17) is 14.2 Å². The lowest BCUT2D eigenvalue weighted by Crippen LogP contribution is -2.23. The van der Waals surface area contributed by atoms with Gasteiger partial charge in [0.05, 0.1) is 23.2 Å². The Morgan fingerprint density at radius 3 is 2.67 bits per heavy atom. The lowest BCUT2D eigenvalue weighted by Gasteiger charge is -2.06.